The van der Waals surface area contributed by atoms with Gasteiger partial charge in [-0.25, -0.2) is 53.9 Å². The number of ether oxygens (including phenoxy) is 6. The van der Waals surface area contributed by atoms with Crippen molar-refractivity contribution < 1.29 is 28.4 Å². The zero-order chi connectivity index (χ0) is 72.5. The Bertz CT molecular complexity index is 6990. The molecule has 105 heavy (non-hydrogen) atoms. The van der Waals surface area contributed by atoms with Crippen LogP contribution in [0.4, 0.5) is 45.5 Å². The number of hydrogen-bond donors (Lipinski definition) is 6. The molecule has 0 saturated carbocycles. The lowest BCUT2D eigenvalue weighted by Crippen LogP contribution is -2.22. The van der Waals surface area contributed by atoms with Crippen LogP contribution in [0.25, 0.3) is 55.2 Å². The molecule has 0 spiro atoms. The van der Waals surface area contributed by atoms with E-state index in [2.05, 4.69) is 56.8 Å². The summed E-state index contributed by atoms with van der Waals surface area (Å²) in [5.74, 6) is 5.06. The Morgan fingerprint density at radius 2 is 0.590 bits per heavy atom. The number of aromatic nitrogens is 10. The van der Waals surface area contributed by atoms with Gasteiger partial charge in [-0.15, -0.1) is 0 Å². The fourth-order valence-electron chi connectivity index (χ4n) is 13.7. The molecule has 9 aromatic carbocycles. The van der Waals surface area contributed by atoms with Crippen LogP contribution in [0.1, 0.15) is 20.8 Å². The minimum absolute atomic E-state index is 0.180. The molecule has 5 aromatic heterocycles. The molecule has 0 fully saturated rings. The highest BCUT2D eigenvalue weighted by Gasteiger charge is 2.34. The molecule has 0 unspecified atom stereocenters. The first-order valence-electron chi connectivity index (χ1n) is 32.2. The largest absolute Gasteiger partial charge is 0.451 e. The molecule has 14 aromatic rings. The zero-order valence-corrected chi connectivity index (χ0v) is 59.4. The van der Waals surface area contributed by atoms with Crippen LogP contribution in [-0.4, -0.2) is 54.3 Å². The normalized spacial score (nSPS) is 13.7. The van der Waals surface area contributed by atoms with Gasteiger partial charge in [-0.05, 0) is 57.2 Å². The van der Waals surface area contributed by atoms with Crippen molar-refractivity contribution in [3.63, 3.8) is 0 Å². The number of aryl methyl sites for hydroxylation is 5. The van der Waals surface area contributed by atoms with E-state index in [1.807, 2.05) is 37.8 Å². The maximum Gasteiger partial charge on any atom is 0.326 e. The summed E-state index contributed by atoms with van der Waals surface area (Å²) < 4.78 is 44.5. The fourth-order valence-corrected chi connectivity index (χ4v) is 15.3. The Balaban J connectivity index is 0.000000108. The molecule has 0 aliphatic carbocycles. The molecule has 0 radical (unpaired) electrons. The van der Waals surface area contributed by atoms with Crippen molar-refractivity contribution in [1.82, 2.24) is 47.8 Å². The van der Waals surface area contributed by atoms with Crippen LogP contribution in [0.5, 0.6) is 69.0 Å². The monoisotopic (exact) mass is 1520 g/mol. The zero-order valence-electron chi connectivity index (χ0n) is 54.9. The van der Waals surface area contributed by atoms with E-state index in [0.717, 1.165) is 23.7 Å². The first-order valence-corrected chi connectivity index (χ1v) is 34.4. The third-order valence-electron chi connectivity index (χ3n) is 19.0. The van der Waals surface area contributed by atoms with Crippen LogP contribution >= 0.6 is 69.6 Å². The highest BCUT2D eigenvalue weighted by atomic mass is 35.5. The number of nitrogens with zero attached hydrogens (tertiary/aromatic N) is 12. The molecule has 21 rings (SSSR count). The van der Waals surface area contributed by atoms with Gasteiger partial charge in [0.2, 0.25) is 0 Å². The van der Waals surface area contributed by atoms with Gasteiger partial charge in [-0.1, -0.05) is 76.2 Å². The van der Waals surface area contributed by atoms with E-state index in [0.29, 0.717) is 175 Å². The molecule has 6 N–H and O–H groups in total. The third kappa shape index (κ3) is 9.37. The predicted molar refractivity (Wildman–Crippen MR) is 394 cm³/mol. The molecule has 29 nitrogen and oxygen atoms in total. The van der Waals surface area contributed by atoms with Crippen LogP contribution in [0.2, 0.25) is 30.1 Å². The molecule has 7 aliphatic heterocycles. The van der Waals surface area contributed by atoms with Crippen molar-refractivity contribution in [1.29, 1.82) is 0 Å². The number of aromatic amines is 5. The number of hydrogen-bond acceptors (Lipinski definition) is 19. The second kappa shape index (κ2) is 22.8. The predicted octanol–water partition coefficient (Wildman–Crippen LogP) is 12.9. The second-order valence-corrected chi connectivity index (χ2v) is 27.2. The Labute approximate surface area is 613 Å². The molecular weight excluding hydrogens is 1480 g/mol. The van der Waals surface area contributed by atoms with E-state index >= 15 is 0 Å². The number of rotatable bonds is 3. The van der Waals surface area contributed by atoms with E-state index in [9.17, 15) is 24.0 Å². The molecule has 0 amide bonds. The Morgan fingerprint density at radius 1 is 0.343 bits per heavy atom. The topological polar surface area (TPSA) is 334 Å². The summed E-state index contributed by atoms with van der Waals surface area (Å²) in [6.07, 6.45) is 0. The van der Waals surface area contributed by atoms with Crippen LogP contribution in [0.15, 0.2) is 139 Å². The second-order valence-electron chi connectivity index (χ2n) is 24.9. The quantitative estimate of drug-likeness (QED) is 0.0959. The molecule has 0 saturated heterocycles. The number of H-pyrrole nitrogens is 5. The average molecular weight is 1530 g/mol. The lowest BCUT2D eigenvalue weighted by molar-refractivity contribution is 0.451. The molecular formula is C70H44Cl6N18O11. The molecule has 0 bridgehead atoms. The van der Waals surface area contributed by atoms with Crippen molar-refractivity contribution in [3.05, 3.63) is 200 Å². The fraction of sp³-hybridized carbons (Fsp3) is 0.129. The number of imidazole rings is 5. The van der Waals surface area contributed by atoms with Gasteiger partial charge >= 0.3 is 28.4 Å². The summed E-state index contributed by atoms with van der Waals surface area (Å²) in [5.41, 5.74) is 10.2. The van der Waals surface area contributed by atoms with E-state index < -0.39 is 0 Å². The highest BCUT2D eigenvalue weighted by Crippen LogP contribution is 2.51. The van der Waals surface area contributed by atoms with Crippen molar-refractivity contribution in [2.45, 2.75) is 33.9 Å². The number of halogens is 6. The van der Waals surface area contributed by atoms with Crippen LogP contribution in [-0.2, 0) is 34.2 Å². The smallest absolute Gasteiger partial charge is 0.326 e. The number of nitrogens with one attached hydrogen (secondary N) is 6. The maximum absolute atomic E-state index is 12.3. The maximum atomic E-state index is 12.3. The first kappa shape index (κ1) is 63.9. The molecule has 0 atom stereocenters. The van der Waals surface area contributed by atoms with E-state index in [-0.39, 0.29) is 87.3 Å². The average Bonchev–Trinajstić information content (AvgIpc) is 1.71. The van der Waals surface area contributed by atoms with E-state index in [1.54, 1.807) is 90.9 Å². The minimum atomic E-state index is -0.250. The Hall–Kier alpha value is -12.0. The Morgan fingerprint density at radius 3 is 0.867 bits per heavy atom. The van der Waals surface area contributed by atoms with Gasteiger partial charge in [0.15, 0.2) is 69.0 Å². The number of fused-ring (bicyclic) bond motifs is 18. The van der Waals surface area contributed by atoms with E-state index in [1.165, 1.54) is 13.7 Å². The SMILES string of the molecule is C=C1Nc2cc3c(cc2N1CC)Oc1c(Cl)c2c(c(Cl)c1=N3)Oc1cc3c(cc1N=2)[nH]c(=O)n3C.CCn1c(=O)[nH]c2cc3c(cc21)Oc1c(Cl)c2c(c(Cl)c1=N3)Oc1cc3c(cc1N=2)[nH]c(=O)n3CC.Cn1c(=O)[nH]c2cc3c(cc21)Oc1c(Cl)c2c(c(Cl)c1=N3)Oc1cc3c(cc1N=2)[nH]c(=O)n3C. The van der Waals surface area contributed by atoms with Gasteiger partial charge in [0.05, 0.1) is 66.5 Å². The Kier molecular flexibility index (Phi) is 13.8. The van der Waals surface area contributed by atoms with Gasteiger partial charge in [0, 0.05) is 77.2 Å². The van der Waals surface area contributed by atoms with Crippen LogP contribution in [0.3, 0.4) is 0 Å². The summed E-state index contributed by atoms with van der Waals surface area (Å²) in [4.78, 5) is 105. The standard InChI is InChI=1S/C24H16Cl2N6O4.C24H16Cl2N6O3.C22H12Cl2N6O4/c1-3-31-13-7-15-11(5-9(13)29-23(31)33)27-19-18(26)22-20(17(25)21(19)35-15)28-12-6-10-14(8-16(12)36-22)32(4-2)24(34)30-10;1-4-32-9(2)27-11-6-13-17(8-15(11)32)35-23-19(26)20-22(18(25)21(23)29-13)34-16-7-14-10(5-12(16)28-20)30-24(33)31(14)3;1-29-11-5-13-9(3-7(11)27-21(29)31)25-17-16(24)20-18(15(23)19(17)33-13)26-10-4-8-12(6-14(10)34-20)30(2)22(32)28-8/h5-8H,3-4H2,1-2H3,(H,29,33)(H,30,34);5-8,27H,2,4H2,1,3H3,(H,30,33);3-6H,1-2H3,(H,27,31)(H,28,32). The van der Waals surface area contributed by atoms with E-state index in [4.69, 9.17) is 108 Å². The number of anilines is 2. The summed E-state index contributed by atoms with van der Waals surface area (Å²) >= 11 is 40.5. The lowest BCUT2D eigenvalue weighted by Gasteiger charge is -2.22. The van der Waals surface area contributed by atoms with Crippen LogP contribution < -0.4 is 99.2 Å². The van der Waals surface area contributed by atoms with Gasteiger partial charge in [-0.3, -0.25) is 22.8 Å². The van der Waals surface area contributed by atoms with Crippen molar-refractivity contribution in [2.75, 3.05) is 16.8 Å². The minimum Gasteiger partial charge on any atom is -0.451 e. The van der Waals surface area contributed by atoms with Gasteiger partial charge in [0.1, 0.15) is 102 Å². The number of benzene rings is 9. The summed E-state index contributed by atoms with van der Waals surface area (Å²) in [6.45, 7) is 11.6. The van der Waals surface area contributed by atoms with Crippen molar-refractivity contribution in [3.8, 4) is 69.0 Å². The van der Waals surface area contributed by atoms with Crippen molar-refractivity contribution in [2.24, 2.45) is 51.1 Å². The summed E-state index contributed by atoms with van der Waals surface area (Å²) in [6, 6.07) is 21.1. The third-order valence-corrected chi connectivity index (χ3v) is 21.1. The molecule has 35 heteroatoms. The highest BCUT2D eigenvalue weighted by molar-refractivity contribution is 6.37. The summed E-state index contributed by atoms with van der Waals surface area (Å²) in [7, 11) is 4.99. The molecule has 7 aliphatic rings. The van der Waals surface area contributed by atoms with Gasteiger partial charge < -0.3 is 63.6 Å². The molecule has 522 valence electrons. The van der Waals surface area contributed by atoms with Crippen LogP contribution in [0, 0.1) is 0 Å². The van der Waals surface area contributed by atoms with Crippen molar-refractivity contribution >= 4 is 170 Å². The first-order chi connectivity index (χ1) is 50.5. The molecule has 12 heterocycles. The van der Waals surface area contributed by atoms with Gasteiger partial charge in [0.25, 0.3) is 0 Å². The lowest BCUT2D eigenvalue weighted by atomic mass is 10.1. The summed E-state index contributed by atoms with van der Waals surface area (Å²) in [5, 5.41) is 6.36. The van der Waals surface area contributed by atoms with Gasteiger partial charge in [-0.2, -0.15) is 0 Å².